The molecular weight excluding hydrogens is 400 g/mol. The molecular formula is C25H40N6O. The predicted molar refractivity (Wildman–Crippen MR) is 128 cm³/mol. The van der Waals surface area contributed by atoms with Crippen molar-refractivity contribution < 1.29 is 4.79 Å². The number of aromatic nitrogens is 2. The molecule has 4 aliphatic rings. The van der Waals surface area contributed by atoms with E-state index in [-0.39, 0.29) is 0 Å². The van der Waals surface area contributed by atoms with Gasteiger partial charge in [0.25, 0.3) is 0 Å². The molecule has 4 heterocycles. The summed E-state index contributed by atoms with van der Waals surface area (Å²) in [5.74, 6) is 2.57. The Morgan fingerprint density at radius 3 is 2.47 bits per heavy atom. The average Bonchev–Trinajstić information content (AvgIpc) is 3.08. The third kappa shape index (κ3) is 5.19. The summed E-state index contributed by atoms with van der Waals surface area (Å²) in [5.41, 5.74) is 0. The third-order valence-corrected chi connectivity index (χ3v) is 8.04. The summed E-state index contributed by atoms with van der Waals surface area (Å²) in [4.78, 5) is 29.4. The zero-order chi connectivity index (χ0) is 21.8. The van der Waals surface area contributed by atoms with Crippen molar-refractivity contribution >= 4 is 17.7 Å². The number of nitrogens with one attached hydrogen (secondary N) is 1. The maximum absolute atomic E-state index is 12.8. The summed E-state index contributed by atoms with van der Waals surface area (Å²) in [6.45, 7) is 6.24. The van der Waals surface area contributed by atoms with Crippen LogP contribution < -0.4 is 10.2 Å². The molecule has 32 heavy (non-hydrogen) atoms. The lowest BCUT2D eigenvalue weighted by molar-refractivity contribution is -0.140. The second-order valence-corrected chi connectivity index (χ2v) is 10.3. The van der Waals surface area contributed by atoms with Crippen LogP contribution in [-0.4, -0.2) is 77.0 Å². The standard InChI is InChI=1S/C25H40N6O/c32-24(20-8-5-9-20)31-17-7-11-22(19-31)30-16-6-10-21(18-30)27-25-26-13-12-23(28-25)29-14-3-1-2-4-15-29/h12-13,20-22H,1-11,14-19H2,(H,26,27,28). The number of anilines is 2. The van der Waals surface area contributed by atoms with E-state index >= 15 is 0 Å². The molecule has 0 spiro atoms. The van der Waals surface area contributed by atoms with Gasteiger partial charge in [-0.2, -0.15) is 4.98 Å². The Morgan fingerprint density at radius 2 is 1.69 bits per heavy atom. The molecule has 2 unspecified atom stereocenters. The fourth-order valence-electron chi connectivity index (χ4n) is 5.90. The molecule has 0 radical (unpaired) electrons. The highest BCUT2D eigenvalue weighted by Gasteiger charge is 2.35. The average molecular weight is 441 g/mol. The van der Waals surface area contributed by atoms with Gasteiger partial charge in [-0.3, -0.25) is 9.69 Å². The summed E-state index contributed by atoms with van der Waals surface area (Å²) in [5, 5.41) is 3.64. The van der Waals surface area contributed by atoms with Gasteiger partial charge in [0.1, 0.15) is 5.82 Å². The molecule has 1 aromatic heterocycles. The van der Waals surface area contributed by atoms with Gasteiger partial charge in [0.15, 0.2) is 0 Å². The quantitative estimate of drug-likeness (QED) is 0.756. The Balaban J connectivity index is 1.17. The number of nitrogens with zero attached hydrogens (tertiary/aromatic N) is 5. The van der Waals surface area contributed by atoms with E-state index in [1.54, 1.807) is 0 Å². The van der Waals surface area contributed by atoms with E-state index in [2.05, 4.69) is 31.1 Å². The Kier molecular flexibility index (Phi) is 7.10. The number of hydrogen-bond donors (Lipinski definition) is 1. The Labute approximate surface area is 193 Å². The molecule has 1 saturated carbocycles. The van der Waals surface area contributed by atoms with Gasteiger partial charge in [0.2, 0.25) is 11.9 Å². The van der Waals surface area contributed by atoms with Crippen LogP contribution in [0.3, 0.4) is 0 Å². The van der Waals surface area contributed by atoms with Crippen molar-refractivity contribution in [2.24, 2.45) is 5.92 Å². The monoisotopic (exact) mass is 440 g/mol. The highest BCUT2D eigenvalue weighted by Crippen LogP contribution is 2.30. The molecule has 1 N–H and O–H groups in total. The molecule has 2 atom stereocenters. The van der Waals surface area contributed by atoms with Crippen LogP contribution in [0.5, 0.6) is 0 Å². The van der Waals surface area contributed by atoms with Gasteiger partial charge >= 0.3 is 0 Å². The van der Waals surface area contributed by atoms with Crippen LogP contribution in [0.25, 0.3) is 0 Å². The summed E-state index contributed by atoms with van der Waals surface area (Å²) < 4.78 is 0. The second-order valence-electron chi connectivity index (χ2n) is 10.3. The van der Waals surface area contributed by atoms with Crippen molar-refractivity contribution in [1.82, 2.24) is 19.8 Å². The maximum atomic E-state index is 12.8. The smallest absolute Gasteiger partial charge is 0.225 e. The summed E-state index contributed by atoms with van der Waals surface area (Å²) in [6.07, 6.45) is 15.2. The molecule has 5 rings (SSSR count). The molecule has 1 amide bonds. The number of rotatable bonds is 5. The number of carbonyl (C=O) groups is 1. The molecule has 3 saturated heterocycles. The first-order valence-corrected chi connectivity index (χ1v) is 13.1. The first-order valence-electron chi connectivity index (χ1n) is 13.1. The minimum absolute atomic E-state index is 0.318. The summed E-state index contributed by atoms with van der Waals surface area (Å²) >= 11 is 0. The minimum atomic E-state index is 0.318. The van der Waals surface area contributed by atoms with Crippen LogP contribution in [0.1, 0.15) is 70.6 Å². The number of amides is 1. The van der Waals surface area contributed by atoms with Crippen molar-refractivity contribution in [3.63, 3.8) is 0 Å². The van der Waals surface area contributed by atoms with Crippen molar-refractivity contribution in [3.05, 3.63) is 12.3 Å². The maximum Gasteiger partial charge on any atom is 0.225 e. The van der Waals surface area contributed by atoms with E-state index in [0.29, 0.717) is 23.9 Å². The van der Waals surface area contributed by atoms with Crippen LogP contribution in [0.15, 0.2) is 12.3 Å². The number of likely N-dealkylation sites (tertiary alicyclic amines) is 2. The fraction of sp³-hybridized carbons (Fsp3) is 0.800. The molecule has 3 aliphatic heterocycles. The Hall–Kier alpha value is -1.89. The normalized spacial score (nSPS) is 28.1. The van der Waals surface area contributed by atoms with E-state index in [4.69, 9.17) is 4.98 Å². The highest BCUT2D eigenvalue weighted by atomic mass is 16.2. The molecule has 1 aromatic rings. The molecule has 7 heteroatoms. The van der Waals surface area contributed by atoms with Crippen LogP contribution in [0.2, 0.25) is 0 Å². The topological polar surface area (TPSA) is 64.6 Å². The minimum Gasteiger partial charge on any atom is -0.356 e. The van der Waals surface area contributed by atoms with Gasteiger partial charge < -0.3 is 15.1 Å². The molecule has 0 bridgehead atoms. The van der Waals surface area contributed by atoms with Crippen LogP contribution in [0.4, 0.5) is 11.8 Å². The summed E-state index contributed by atoms with van der Waals surface area (Å²) in [6, 6.07) is 2.93. The SMILES string of the molecule is O=C(C1CCC1)N1CCCC(N2CCCC(Nc3nccc(N4CCCCCC4)n3)C2)C1. The van der Waals surface area contributed by atoms with Crippen LogP contribution in [0, 0.1) is 5.92 Å². The van der Waals surface area contributed by atoms with Crippen LogP contribution in [-0.2, 0) is 4.79 Å². The van der Waals surface area contributed by atoms with E-state index in [9.17, 15) is 4.79 Å². The molecule has 1 aliphatic carbocycles. The van der Waals surface area contributed by atoms with Gasteiger partial charge in [-0.15, -0.1) is 0 Å². The number of hydrogen-bond acceptors (Lipinski definition) is 6. The first-order chi connectivity index (χ1) is 15.8. The fourth-order valence-corrected chi connectivity index (χ4v) is 5.90. The summed E-state index contributed by atoms with van der Waals surface area (Å²) in [7, 11) is 0. The molecule has 7 nitrogen and oxygen atoms in total. The van der Waals surface area contributed by atoms with Gasteiger partial charge in [-0.25, -0.2) is 4.98 Å². The van der Waals surface area contributed by atoms with Gasteiger partial charge in [0.05, 0.1) is 0 Å². The second kappa shape index (κ2) is 10.4. The van der Waals surface area contributed by atoms with Gasteiger partial charge in [-0.05, 0) is 64.0 Å². The molecule has 0 aromatic carbocycles. The zero-order valence-corrected chi connectivity index (χ0v) is 19.6. The van der Waals surface area contributed by atoms with E-state index in [0.717, 1.165) is 76.7 Å². The van der Waals surface area contributed by atoms with Crippen molar-refractivity contribution in [1.29, 1.82) is 0 Å². The van der Waals surface area contributed by atoms with Crippen LogP contribution >= 0.6 is 0 Å². The predicted octanol–water partition coefficient (Wildman–Crippen LogP) is 3.52. The lowest BCUT2D eigenvalue weighted by Gasteiger charge is -2.44. The van der Waals surface area contributed by atoms with Crippen molar-refractivity contribution in [2.75, 3.05) is 49.5 Å². The van der Waals surface area contributed by atoms with E-state index < -0.39 is 0 Å². The number of piperidine rings is 2. The Bertz CT molecular complexity index is 761. The molecule has 176 valence electrons. The van der Waals surface area contributed by atoms with Gasteiger partial charge in [0, 0.05) is 56.9 Å². The largest absolute Gasteiger partial charge is 0.356 e. The lowest BCUT2D eigenvalue weighted by Crippen LogP contribution is -2.55. The lowest BCUT2D eigenvalue weighted by atomic mass is 9.84. The number of carbonyl (C=O) groups excluding carboxylic acids is 1. The van der Waals surface area contributed by atoms with Crippen molar-refractivity contribution in [3.8, 4) is 0 Å². The van der Waals surface area contributed by atoms with E-state index in [1.807, 2.05) is 6.20 Å². The molecule has 4 fully saturated rings. The first kappa shape index (κ1) is 21.9. The highest BCUT2D eigenvalue weighted by molar-refractivity contribution is 5.79. The third-order valence-electron chi connectivity index (χ3n) is 8.04. The van der Waals surface area contributed by atoms with Crippen molar-refractivity contribution in [2.45, 2.75) is 82.7 Å². The van der Waals surface area contributed by atoms with E-state index in [1.165, 1.54) is 44.9 Å². The van der Waals surface area contributed by atoms with Gasteiger partial charge in [-0.1, -0.05) is 19.3 Å². The Morgan fingerprint density at radius 1 is 0.875 bits per heavy atom. The zero-order valence-electron chi connectivity index (χ0n) is 19.6.